The van der Waals surface area contributed by atoms with Crippen LogP contribution in [0.5, 0.6) is 11.5 Å². The first-order chi connectivity index (χ1) is 19.4. The summed E-state index contributed by atoms with van der Waals surface area (Å²) in [5.74, 6) is 1.01. The van der Waals surface area contributed by atoms with Crippen molar-refractivity contribution in [1.29, 1.82) is 0 Å². The third kappa shape index (κ3) is 5.59. The first kappa shape index (κ1) is 27.4. The van der Waals surface area contributed by atoms with Crippen molar-refractivity contribution in [3.05, 3.63) is 120 Å². The van der Waals surface area contributed by atoms with Gasteiger partial charge in [0.15, 0.2) is 4.80 Å². The van der Waals surface area contributed by atoms with Crippen LogP contribution >= 0.6 is 22.9 Å². The summed E-state index contributed by atoms with van der Waals surface area (Å²) in [4.78, 5) is 32.9. The summed E-state index contributed by atoms with van der Waals surface area (Å²) >= 11 is 7.53. The number of para-hydroxylation sites is 1. The number of allylic oxidation sites excluding steroid dienone is 1. The van der Waals surface area contributed by atoms with Crippen LogP contribution in [0.3, 0.4) is 0 Å². The smallest absolute Gasteiger partial charge is 0.271 e. The summed E-state index contributed by atoms with van der Waals surface area (Å²) in [6, 6.07) is 21.3. The number of hydrogen-bond donors (Lipinski definition) is 1. The standard InChI is InChI=1S/C31H28ClN3O4S/c1-4-38-24-14-11-20(12-15-24)28-27(29(36)34-23-9-7-6-8-10-23)19(3)33-31-35(28)30(37)26(40-31)18-21-17-22(32)13-16-25(21)39-5-2/h6-18,28H,4-5H2,1-3H3,(H,34,36)/b26-18-/t28-/m1/s1. The molecule has 1 aliphatic heterocycles. The van der Waals surface area contributed by atoms with Crippen molar-refractivity contribution in [2.45, 2.75) is 26.8 Å². The Morgan fingerprint density at radius 2 is 1.77 bits per heavy atom. The van der Waals surface area contributed by atoms with E-state index in [2.05, 4.69) is 5.32 Å². The Labute approximate surface area is 240 Å². The third-order valence-electron chi connectivity index (χ3n) is 6.36. The lowest BCUT2D eigenvalue weighted by Crippen LogP contribution is -2.40. The van der Waals surface area contributed by atoms with Crippen molar-refractivity contribution in [2.24, 2.45) is 4.99 Å². The molecule has 5 rings (SSSR count). The summed E-state index contributed by atoms with van der Waals surface area (Å²) in [7, 11) is 0. The predicted octanol–water partition coefficient (Wildman–Crippen LogP) is 5.32. The van der Waals surface area contributed by atoms with Gasteiger partial charge in [-0.3, -0.25) is 14.2 Å². The molecule has 0 bridgehead atoms. The molecule has 0 unspecified atom stereocenters. The highest BCUT2D eigenvalue weighted by Gasteiger charge is 2.32. The number of benzene rings is 3. The summed E-state index contributed by atoms with van der Waals surface area (Å²) in [5, 5.41) is 3.50. The number of halogens is 1. The van der Waals surface area contributed by atoms with Crippen molar-refractivity contribution >= 4 is 40.6 Å². The van der Waals surface area contributed by atoms with E-state index in [9.17, 15) is 9.59 Å². The molecule has 0 saturated heterocycles. The summed E-state index contributed by atoms with van der Waals surface area (Å²) < 4.78 is 13.4. The third-order valence-corrected chi connectivity index (χ3v) is 7.58. The van der Waals surface area contributed by atoms with Crippen LogP contribution in [0.4, 0.5) is 5.69 Å². The molecule has 0 aliphatic carbocycles. The van der Waals surface area contributed by atoms with E-state index in [1.54, 1.807) is 35.8 Å². The van der Waals surface area contributed by atoms with Crippen LogP contribution in [-0.4, -0.2) is 23.7 Å². The molecule has 0 spiro atoms. The Hall–Kier alpha value is -4.14. The van der Waals surface area contributed by atoms with Crippen LogP contribution in [0.15, 0.2) is 93.9 Å². The molecule has 7 nitrogen and oxygen atoms in total. The fourth-order valence-corrected chi connectivity index (χ4v) is 5.84. The second-order valence-corrected chi connectivity index (χ2v) is 10.5. The second kappa shape index (κ2) is 11.9. The normalized spacial score (nSPS) is 14.9. The molecule has 1 amide bonds. The molecule has 3 aromatic carbocycles. The Morgan fingerprint density at radius 3 is 2.48 bits per heavy atom. The zero-order valence-electron chi connectivity index (χ0n) is 22.3. The number of fused-ring (bicyclic) bond motifs is 1. The minimum absolute atomic E-state index is 0.262. The zero-order valence-corrected chi connectivity index (χ0v) is 23.9. The number of anilines is 1. The number of rotatable bonds is 8. The monoisotopic (exact) mass is 573 g/mol. The predicted molar refractivity (Wildman–Crippen MR) is 159 cm³/mol. The van der Waals surface area contributed by atoms with Gasteiger partial charge in [0.25, 0.3) is 11.5 Å². The summed E-state index contributed by atoms with van der Waals surface area (Å²) in [5.41, 5.74) is 2.78. The molecule has 204 valence electrons. The SMILES string of the molecule is CCOc1ccc([C@@H]2C(C(=O)Nc3ccccc3)=C(C)N=c3s/c(=C\c4cc(Cl)ccc4OCC)c(=O)n32)cc1. The first-order valence-corrected chi connectivity index (χ1v) is 14.1. The van der Waals surface area contributed by atoms with Gasteiger partial charge in [-0.2, -0.15) is 0 Å². The second-order valence-electron chi connectivity index (χ2n) is 9.02. The molecule has 1 atom stereocenters. The average molecular weight is 574 g/mol. The van der Waals surface area contributed by atoms with Crippen molar-refractivity contribution in [3.63, 3.8) is 0 Å². The zero-order chi connectivity index (χ0) is 28.2. The van der Waals surface area contributed by atoms with Crippen molar-refractivity contribution in [1.82, 2.24) is 4.57 Å². The van der Waals surface area contributed by atoms with Gasteiger partial charge in [0.05, 0.1) is 35.1 Å². The molecule has 0 fully saturated rings. The molecule has 4 aromatic rings. The minimum atomic E-state index is -0.691. The number of hydrogen-bond acceptors (Lipinski definition) is 6. The Balaban J connectivity index is 1.67. The van der Waals surface area contributed by atoms with Gasteiger partial charge in [-0.1, -0.05) is 53.3 Å². The van der Waals surface area contributed by atoms with Gasteiger partial charge in [0, 0.05) is 16.3 Å². The lowest BCUT2D eigenvalue weighted by atomic mass is 9.95. The average Bonchev–Trinajstić information content (AvgIpc) is 3.24. The number of amides is 1. The largest absolute Gasteiger partial charge is 0.494 e. The number of thiazole rings is 1. The number of aromatic nitrogens is 1. The lowest BCUT2D eigenvalue weighted by molar-refractivity contribution is -0.113. The topological polar surface area (TPSA) is 81.9 Å². The number of ether oxygens (including phenoxy) is 2. The molecular weight excluding hydrogens is 546 g/mol. The molecule has 1 aliphatic rings. The highest BCUT2D eigenvalue weighted by molar-refractivity contribution is 7.07. The van der Waals surface area contributed by atoms with Gasteiger partial charge in [-0.05, 0) is 74.9 Å². The van der Waals surface area contributed by atoms with Gasteiger partial charge in [0.2, 0.25) is 0 Å². The Bertz CT molecular complexity index is 1760. The van der Waals surface area contributed by atoms with Crippen LogP contribution in [0.25, 0.3) is 6.08 Å². The van der Waals surface area contributed by atoms with E-state index in [4.69, 9.17) is 26.1 Å². The minimum Gasteiger partial charge on any atom is -0.494 e. The van der Waals surface area contributed by atoms with Crippen molar-refractivity contribution in [3.8, 4) is 11.5 Å². The van der Waals surface area contributed by atoms with Crippen LogP contribution in [-0.2, 0) is 4.79 Å². The van der Waals surface area contributed by atoms with E-state index in [1.165, 1.54) is 11.3 Å². The van der Waals surface area contributed by atoms with Crippen LogP contribution < -0.4 is 29.7 Å². The Morgan fingerprint density at radius 1 is 1.05 bits per heavy atom. The molecule has 1 N–H and O–H groups in total. The fraction of sp³-hybridized carbons (Fsp3) is 0.194. The molecule has 2 heterocycles. The molecule has 40 heavy (non-hydrogen) atoms. The summed E-state index contributed by atoms with van der Waals surface area (Å²) in [6.07, 6.45) is 1.76. The van der Waals surface area contributed by atoms with Gasteiger partial charge >= 0.3 is 0 Å². The molecule has 1 aromatic heterocycles. The number of nitrogens with one attached hydrogen (secondary N) is 1. The van der Waals surface area contributed by atoms with E-state index in [-0.39, 0.29) is 11.5 Å². The van der Waals surface area contributed by atoms with E-state index in [0.29, 0.717) is 61.6 Å². The first-order valence-electron chi connectivity index (χ1n) is 12.9. The van der Waals surface area contributed by atoms with Crippen molar-refractivity contribution < 1.29 is 14.3 Å². The highest BCUT2D eigenvalue weighted by Crippen LogP contribution is 2.32. The van der Waals surface area contributed by atoms with Gasteiger partial charge < -0.3 is 14.8 Å². The maximum absolute atomic E-state index is 14.0. The van der Waals surface area contributed by atoms with Gasteiger partial charge in [-0.15, -0.1) is 0 Å². The number of nitrogens with zero attached hydrogens (tertiary/aromatic N) is 2. The molecule has 0 radical (unpaired) electrons. The Kier molecular flexibility index (Phi) is 8.19. The lowest BCUT2D eigenvalue weighted by Gasteiger charge is -2.25. The maximum Gasteiger partial charge on any atom is 0.271 e. The highest BCUT2D eigenvalue weighted by atomic mass is 35.5. The van der Waals surface area contributed by atoms with Gasteiger partial charge in [-0.25, -0.2) is 4.99 Å². The van der Waals surface area contributed by atoms with Crippen LogP contribution in [0, 0.1) is 0 Å². The van der Waals surface area contributed by atoms with Crippen LogP contribution in [0.2, 0.25) is 5.02 Å². The van der Waals surface area contributed by atoms with Crippen LogP contribution in [0.1, 0.15) is 37.9 Å². The fourth-order valence-electron chi connectivity index (χ4n) is 4.62. The number of carbonyl (C=O) groups excluding carboxylic acids is 1. The molecule has 0 saturated carbocycles. The quantitative estimate of drug-likeness (QED) is 0.309. The van der Waals surface area contributed by atoms with Gasteiger partial charge in [0.1, 0.15) is 11.5 Å². The number of carbonyl (C=O) groups is 1. The van der Waals surface area contributed by atoms with E-state index < -0.39 is 6.04 Å². The van der Waals surface area contributed by atoms with E-state index >= 15 is 0 Å². The van der Waals surface area contributed by atoms with E-state index in [1.807, 2.05) is 68.4 Å². The van der Waals surface area contributed by atoms with E-state index in [0.717, 1.165) is 5.56 Å². The van der Waals surface area contributed by atoms with Crippen molar-refractivity contribution in [2.75, 3.05) is 18.5 Å². The summed E-state index contributed by atoms with van der Waals surface area (Å²) in [6.45, 7) is 6.61. The maximum atomic E-state index is 14.0. The molecule has 9 heteroatoms. The molecular formula is C31H28ClN3O4S.